The molecule has 0 aliphatic carbocycles. The van der Waals surface area contributed by atoms with Crippen molar-refractivity contribution in [2.45, 2.75) is 12.6 Å². The number of aliphatic hydroxyl groups excluding tert-OH is 1. The lowest BCUT2D eigenvalue weighted by molar-refractivity contribution is 0.216. The molecular formula is C16H15IN2O2. The number of halogens is 1. The van der Waals surface area contributed by atoms with E-state index < -0.39 is 6.10 Å². The van der Waals surface area contributed by atoms with Gasteiger partial charge in [0.05, 0.1) is 0 Å². The van der Waals surface area contributed by atoms with Crippen LogP contribution in [0.5, 0.6) is 0 Å². The number of nitrogens with zero attached hydrogens (tertiary/aromatic N) is 1. The Bertz CT molecular complexity index is 702. The van der Waals surface area contributed by atoms with Gasteiger partial charge in [-0.05, 0) is 57.5 Å². The number of amides is 2. The SMILES string of the molecule is CN1Cc2cc(C(O)c3ccccc3I)ccc2NC1=O. The van der Waals surface area contributed by atoms with E-state index in [0.29, 0.717) is 6.54 Å². The lowest BCUT2D eigenvalue weighted by Gasteiger charge is -2.27. The van der Waals surface area contributed by atoms with Gasteiger partial charge in [0.15, 0.2) is 0 Å². The Morgan fingerprint density at radius 3 is 2.81 bits per heavy atom. The summed E-state index contributed by atoms with van der Waals surface area (Å²) in [4.78, 5) is 13.2. The normalized spacial score (nSPS) is 15.4. The molecule has 3 rings (SSSR count). The minimum atomic E-state index is -0.661. The van der Waals surface area contributed by atoms with E-state index >= 15 is 0 Å². The van der Waals surface area contributed by atoms with Gasteiger partial charge in [0, 0.05) is 22.8 Å². The van der Waals surface area contributed by atoms with Gasteiger partial charge in [-0.2, -0.15) is 0 Å². The topological polar surface area (TPSA) is 52.6 Å². The largest absolute Gasteiger partial charge is 0.384 e. The molecule has 1 heterocycles. The van der Waals surface area contributed by atoms with Gasteiger partial charge >= 0.3 is 6.03 Å². The van der Waals surface area contributed by atoms with Gasteiger partial charge in [-0.1, -0.05) is 24.3 Å². The number of carbonyl (C=O) groups excluding carboxylic acids is 1. The van der Waals surface area contributed by atoms with Gasteiger partial charge in [-0.25, -0.2) is 4.79 Å². The number of aliphatic hydroxyl groups is 1. The highest BCUT2D eigenvalue weighted by Crippen LogP contribution is 2.30. The molecule has 5 heteroatoms. The standard InChI is InChI=1S/C16H15IN2O2/c1-19-9-11-8-10(6-7-14(11)18-16(19)21)15(20)12-4-2-3-5-13(12)17/h2-8,15,20H,9H2,1H3,(H,18,21). The lowest BCUT2D eigenvalue weighted by atomic mass is 9.98. The van der Waals surface area contributed by atoms with Crippen molar-refractivity contribution in [1.82, 2.24) is 4.90 Å². The van der Waals surface area contributed by atoms with Crippen LogP contribution < -0.4 is 5.32 Å². The molecule has 0 spiro atoms. The Morgan fingerprint density at radius 1 is 1.29 bits per heavy atom. The van der Waals surface area contributed by atoms with Crippen LogP contribution >= 0.6 is 22.6 Å². The summed E-state index contributed by atoms with van der Waals surface area (Å²) in [5.74, 6) is 0. The first-order valence-corrected chi connectivity index (χ1v) is 7.71. The van der Waals surface area contributed by atoms with E-state index in [9.17, 15) is 9.90 Å². The maximum Gasteiger partial charge on any atom is 0.321 e. The summed E-state index contributed by atoms with van der Waals surface area (Å²) >= 11 is 2.23. The van der Waals surface area contributed by atoms with Crippen molar-refractivity contribution >= 4 is 34.3 Å². The molecule has 0 aromatic heterocycles. The molecule has 1 aliphatic rings. The second-order valence-electron chi connectivity index (χ2n) is 5.13. The summed E-state index contributed by atoms with van der Waals surface area (Å²) in [5, 5.41) is 13.4. The molecule has 0 fully saturated rings. The van der Waals surface area contributed by atoms with Crippen LogP contribution in [0.4, 0.5) is 10.5 Å². The van der Waals surface area contributed by atoms with Crippen molar-refractivity contribution in [2.24, 2.45) is 0 Å². The maximum atomic E-state index is 11.6. The molecule has 0 saturated heterocycles. The number of benzene rings is 2. The highest BCUT2D eigenvalue weighted by atomic mass is 127. The molecule has 4 nitrogen and oxygen atoms in total. The van der Waals surface area contributed by atoms with E-state index in [0.717, 1.165) is 25.9 Å². The van der Waals surface area contributed by atoms with Gasteiger partial charge in [0.25, 0.3) is 0 Å². The molecule has 2 N–H and O–H groups in total. The first-order valence-electron chi connectivity index (χ1n) is 6.63. The molecule has 108 valence electrons. The quantitative estimate of drug-likeness (QED) is 0.768. The fourth-order valence-corrected chi connectivity index (χ4v) is 3.13. The molecule has 21 heavy (non-hydrogen) atoms. The summed E-state index contributed by atoms with van der Waals surface area (Å²) in [6.07, 6.45) is -0.661. The molecule has 2 aromatic rings. The Hall–Kier alpha value is -1.60. The zero-order valence-electron chi connectivity index (χ0n) is 11.5. The van der Waals surface area contributed by atoms with E-state index in [4.69, 9.17) is 0 Å². The first kappa shape index (κ1) is 14.3. The number of nitrogens with one attached hydrogen (secondary N) is 1. The van der Waals surface area contributed by atoms with E-state index in [1.54, 1.807) is 11.9 Å². The van der Waals surface area contributed by atoms with Gasteiger partial charge in [0.2, 0.25) is 0 Å². The van der Waals surface area contributed by atoms with Crippen molar-refractivity contribution in [3.8, 4) is 0 Å². The molecule has 1 unspecified atom stereocenters. The zero-order chi connectivity index (χ0) is 15.0. The third-order valence-electron chi connectivity index (χ3n) is 3.64. The predicted molar refractivity (Wildman–Crippen MR) is 90.1 cm³/mol. The Morgan fingerprint density at radius 2 is 2.05 bits per heavy atom. The number of fused-ring (bicyclic) bond motifs is 1. The van der Waals surface area contributed by atoms with Crippen LogP contribution in [0.2, 0.25) is 0 Å². The summed E-state index contributed by atoms with van der Waals surface area (Å²) < 4.78 is 1.03. The van der Waals surface area contributed by atoms with Crippen molar-refractivity contribution < 1.29 is 9.90 Å². The van der Waals surface area contributed by atoms with E-state index in [1.807, 2.05) is 42.5 Å². The van der Waals surface area contributed by atoms with Gasteiger partial charge in [0.1, 0.15) is 6.10 Å². The van der Waals surface area contributed by atoms with Crippen molar-refractivity contribution in [1.29, 1.82) is 0 Å². The van der Waals surface area contributed by atoms with Crippen molar-refractivity contribution in [2.75, 3.05) is 12.4 Å². The highest BCUT2D eigenvalue weighted by molar-refractivity contribution is 14.1. The maximum absolute atomic E-state index is 11.6. The van der Waals surface area contributed by atoms with Crippen molar-refractivity contribution in [3.05, 3.63) is 62.7 Å². The van der Waals surface area contributed by atoms with Crippen molar-refractivity contribution in [3.63, 3.8) is 0 Å². The Balaban J connectivity index is 1.96. The van der Waals surface area contributed by atoms with E-state index in [2.05, 4.69) is 27.9 Å². The van der Waals surface area contributed by atoms with E-state index in [1.165, 1.54) is 0 Å². The molecule has 0 radical (unpaired) electrons. The third kappa shape index (κ3) is 2.75. The van der Waals surface area contributed by atoms with Crippen LogP contribution in [0.25, 0.3) is 0 Å². The van der Waals surface area contributed by atoms with Gasteiger partial charge in [-0.15, -0.1) is 0 Å². The highest BCUT2D eigenvalue weighted by Gasteiger charge is 2.21. The summed E-state index contributed by atoms with van der Waals surface area (Å²) in [6, 6.07) is 13.4. The molecule has 1 aliphatic heterocycles. The first-order chi connectivity index (χ1) is 10.1. The summed E-state index contributed by atoms with van der Waals surface area (Å²) in [7, 11) is 1.75. The van der Waals surface area contributed by atoms with E-state index in [-0.39, 0.29) is 6.03 Å². The van der Waals surface area contributed by atoms with Gasteiger partial charge in [-0.3, -0.25) is 0 Å². The second-order valence-corrected chi connectivity index (χ2v) is 6.29. The molecular weight excluding hydrogens is 379 g/mol. The van der Waals surface area contributed by atoms with Crippen LogP contribution in [0, 0.1) is 3.57 Å². The average Bonchev–Trinajstić information content (AvgIpc) is 2.48. The number of carbonyl (C=O) groups is 1. The number of urea groups is 1. The fourth-order valence-electron chi connectivity index (χ4n) is 2.45. The minimum Gasteiger partial charge on any atom is -0.384 e. The fraction of sp³-hybridized carbons (Fsp3) is 0.188. The average molecular weight is 394 g/mol. The lowest BCUT2D eigenvalue weighted by Crippen LogP contribution is -2.35. The Labute approximate surface area is 136 Å². The minimum absolute atomic E-state index is 0.103. The molecule has 1 atom stereocenters. The van der Waals surface area contributed by atoms with Crippen LogP contribution in [0.1, 0.15) is 22.8 Å². The number of hydrogen-bond acceptors (Lipinski definition) is 2. The van der Waals surface area contributed by atoms with Crippen LogP contribution in [-0.4, -0.2) is 23.1 Å². The summed E-state index contributed by atoms with van der Waals surface area (Å²) in [5.41, 5.74) is 3.56. The second kappa shape index (κ2) is 5.65. The van der Waals surface area contributed by atoms with Crippen LogP contribution in [0.3, 0.4) is 0 Å². The van der Waals surface area contributed by atoms with Crippen LogP contribution in [-0.2, 0) is 6.54 Å². The number of rotatable bonds is 2. The molecule has 2 aromatic carbocycles. The number of anilines is 1. The summed E-state index contributed by atoms with van der Waals surface area (Å²) in [6.45, 7) is 0.549. The molecule has 0 bridgehead atoms. The number of hydrogen-bond donors (Lipinski definition) is 2. The molecule has 0 saturated carbocycles. The van der Waals surface area contributed by atoms with Crippen LogP contribution in [0.15, 0.2) is 42.5 Å². The zero-order valence-corrected chi connectivity index (χ0v) is 13.7. The van der Waals surface area contributed by atoms with Gasteiger partial charge < -0.3 is 15.3 Å². The smallest absolute Gasteiger partial charge is 0.321 e. The predicted octanol–water partition coefficient (Wildman–Crippen LogP) is 3.35. The molecule has 2 amide bonds. The Kier molecular flexibility index (Phi) is 3.86. The monoisotopic (exact) mass is 394 g/mol. The third-order valence-corrected chi connectivity index (χ3v) is 4.62.